The van der Waals surface area contributed by atoms with Gasteiger partial charge in [-0.05, 0) is 38.3 Å². The molecule has 0 unspecified atom stereocenters. The molecule has 0 N–H and O–H groups in total. The zero-order valence-electron chi connectivity index (χ0n) is 15.4. The standard InChI is InChI=1S/C20H22N2O3S/c1-5-14-6-8-15(9-7-14)16-10-26-18-17(16)19(23)22(11-21-18)13(4)20(24)25-12(2)3/h6-13H,5H2,1-4H3/t13-/m1/s1. The third kappa shape index (κ3) is 3.42. The van der Waals surface area contributed by atoms with E-state index in [-0.39, 0.29) is 11.7 Å². The maximum atomic E-state index is 13.1. The van der Waals surface area contributed by atoms with Crippen LogP contribution in [0.1, 0.15) is 39.3 Å². The largest absolute Gasteiger partial charge is 0.461 e. The molecule has 26 heavy (non-hydrogen) atoms. The Morgan fingerprint density at radius 1 is 1.23 bits per heavy atom. The topological polar surface area (TPSA) is 61.2 Å². The third-order valence-electron chi connectivity index (χ3n) is 4.30. The average Bonchev–Trinajstić information content (AvgIpc) is 3.06. The van der Waals surface area contributed by atoms with Crippen molar-refractivity contribution in [2.75, 3.05) is 0 Å². The lowest BCUT2D eigenvalue weighted by atomic mass is 10.0. The highest BCUT2D eigenvalue weighted by Crippen LogP contribution is 2.31. The van der Waals surface area contributed by atoms with E-state index in [2.05, 4.69) is 24.0 Å². The van der Waals surface area contributed by atoms with E-state index >= 15 is 0 Å². The van der Waals surface area contributed by atoms with Crippen LogP contribution in [0, 0.1) is 0 Å². The highest BCUT2D eigenvalue weighted by molar-refractivity contribution is 7.17. The number of hydrogen-bond donors (Lipinski definition) is 0. The molecule has 0 aliphatic heterocycles. The molecular formula is C20H22N2O3S. The van der Waals surface area contributed by atoms with Crippen molar-refractivity contribution in [2.24, 2.45) is 0 Å². The summed E-state index contributed by atoms with van der Waals surface area (Å²) < 4.78 is 6.58. The number of aryl methyl sites for hydroxylation is 1. The molecule has 1 aromatic carbocycles. The Balaban J connectivity index is 2.08. The summed E-state index contributed by atoms with van der Waals surface area (Å²) in [6, 6.07) is 7.45. The van der Waals surface area contributed by atoms with Gasteiger partial charge >= 0.3 is 5.97 Å². The van der Waals surface area contributed by atoms with Crippen molar-refractivity contribution in [1.29, 1.82) is 0 Å². The Labute approximate surface area is 156 Å². The van der Waals surface area contributed by atoms with E-state index in [1.807, 2.05) is 17.5 Å². The van der Waals surface area contributed by atoms with Gasteiger partial charge in [-0.3, -0.25) is 9.36 Å². The van der Waals surface area contributed by atoms with Gasteiger partial charge in [0.05, 0.1) is 17.8 Å². The SMILES string of the molecule is CCc1ccc(-c2csc3ncn([C@H](C)C(=O)OC(C)C)c(=O)c23)cc1. The lowest BCUT2D eigenvalue weighted by Crippen LogP contribution is -2.30. The second-order valence-corrected chi connectivity index (χ2v) is 7.36. The van der Waals surface area contributed by atoms with Crippen LogP contribution in [0.4, 0.5) is 0 Å². The van der Waals surface area contributed by atoms with Gasteiger partial charge < -0.3 is 4.74 Å². The van der Waals surface area contributed by atoms with Crippen LogP contribution in [-0.4, -0.2) is 21.6 Å². The zero-order chi connectivity index (χ0) is 18.8. The van der Waals surface area contributed by atoms with E-state index in [9.17, 15) is 9.59 Å². The van der Waals surface area contributed by atoms with E-state index in [1.54, 1.807) is 20.8 Å². The van der Waals surface area contributed by atoms with Gasteiger partial charge in [-0.25, -0.2) is 9.78 Å². The number of rotatable bonds is 5. The molecule has 3 rings (SSSR count). The molecule has 0 fully saturated rings. The molecule has 0 aliphatic carbocycles. The van der Waals surface area contributed by atoms with Gasteiger partial charge in [-0.2, -0.15) is 0 Å². The molecule has 0 spiro atoms. The van der Waals surface area contributed by atoms with Crippen molar-refractivity contribution >= 4 is 27.5 Å². The normalized spacial score (nSPS) is 12.5. The minimum Gasteiger partial charge on any atom is -0.461 e. The Morgan fingerprint density at radius 2 is 1.92 bits per heavy atom. The first kappa shape index (κ1) is 18.3. The number of aromatic nitrogens is 2. The number of thiophene rings is 1. The Kier molecular flexibility index (Phi) is 5.23. The van der Waals surface area contributed by atoms with Crippen LogP contribution in [0.15, 0.2) is 40.8 Å². The number of ether oxygens (including phenoxy) is 1. The summed E-state index contributed by atoms with van der Waals surface area (Å²) in [6.45, 7) is 7.33. The summed E-state index contributed by atoms with van der Waals surface area (Å²) in [4.78, 5) is 30.3. The number of nitrogens with zero attached hydrogens (tertiary/aromatic N) is 2. The lowest BCUT2D eigenvalue weighted by Gasteiger charge is -2.16. The van der Waals surface area contributed by atoms with Crippen molar-refractivity contribution in [1.82, 2.24) is 9.55 Å². The van der Waals surface area contributed by atoms with Gasteiger partial charge in [0.1, 0.15) is 10.9 Å². The first-order valence-corrected chi connectivity index (χ1v) is 9.58. The average molecular weight is 370 g/mol. The fourth-order valence-electron chi connectivity index (χ4n) is 2.80. The van der Waals surface area contributed by atoms with Gasteiger partial charge in [0.2, 0.25) is 0 Å². The summed E-state index contributed by atoms with van der Waals surface area (Å²) in [6.07, 6.45) is 2.16. The predicted molar refractivity (Wildman–Crippen MR) is 105 cm³/mol. The van der Waals surface area contributed by atoms with E-state index in [1.165, 1.54) is 27.8 Å². The summed E-state index contributed by atoms with van der Waals surface area (Å²) >= 11 is 1.43. The number of carbonyl (C=O) groups excluding carboxylic acids is 1. The van der Waals surface area contributed by atoms with Crippen LogP contribution < -0.4 is 5.56 Å². The molecule has 0 radical (unpaired) electrons. The summed E-state index contributed by atoms with van der Waals surface area (Å²) in [5.41, 5.74) is 2.85. The molecule has 2 aromatic heterocycles. The van der Waals surface area contributed by atoms with Gasteiger partial charge in [0, 0.05) is 10.9 Å². The van der Waals surface area contributed by atoms with E-state index in [4.69, 9.17) is 4.74 Å². The van der Waals surface area contributed by atoms with E-state index in [0.29, 0.717) is 10.2 Å². The number of esters is 1. The maximum Gasteiger partial charge on any atom is 0.329 e. The zero-order valence-corrected chi connectivity index (χ0v) is 16.2. The Morgan fingerprint density at radius 3 is 2.54 bits per heavy atom. The van der Waals surface area contributed by atoms with Crippen LogP contribution in [-0.2, 0) is 16.0 Å². The van der Waals surface area contributed by atoms with E-state index < -0.39 is 12.0 Å². The number of hydrogen-bond acceptors (Lipinski definition) is 5. The molecule has 3 aromatic rings. The molecule has 0 aliphatic rings. The lowest BCUT2D eigenvalue weighted by molar-refractivity contribution is -0.151. The van der Waals surface area contributed by atoms with Crippen molar-refractivity contribution < 1.29 is 9.53 Å². The molecule has 136 valence electrons. The van der Waals surface area contributed by atoms with Gasteiger partial charge in [-0.1, -0.05) is 31.2 Å². The number of fused-ring (bicyclic) bond motifs is 1. The first-order valence-electron chi connectivity index (χ1n) is 8.70. The van der Waals surface area contributed by atoms with Crippen LogP contribution in [0.3, 0.4) is 0 Å². The second-order valence-electron chi connectivity index (χ2n) is 6.50. The highest BCUT2D eigenvalue weighted by atomic mass is 32.1. The van der Waals surface area contributed by atoms with Crippen LogP contribution in [0.2, 0.25) is 0 Å². The van der Waals surface area contributed by atoms with Gasteiger partial charge in [0.15, 0.2) is 0 Å². The molecule has 6 heteroatoms. The summed E-state index contributed by atoms with van der Waals surface area (Å²) in [5, 5.41) is 2.49. The maximum absolute atomic E-state index is 13.1. The summed E-state index contributed by atoms with van der Waals surface area (Å²) in [5.74, 6) is -0.438. The van der Waals surface area contributed by atoms with Crippen molar-refractivity contribution in [2.45, 2.75) is 46.3 Å². The van der Waals surface area contributed by atoms with Gasteiger partial charge in [0.25, 0.3) is 5.56 Å². The monoisotopic (exact) mass is 370 g/mol. The van der Waals surface area contributed by atoms with E-state index in [0.717, 1.165) is 17.5 Å². The first-order chi connectivity index (χ1) is 12.4. The van der Waals surface area contributed by atoms with Gasteiger partial charge in [-0.15, -0.1) is 11.3 Å². The summed E-state index contributed by atoms with van der Waals surface area (Å²) in [7, 11) is 0. The van der Waals surface area contributed by atoms with Crippen LogP contribution >= 0.6 is 11.3 Å². The molecule has 0 saturated heterocycles. The number of carbonyl (C=O) groups is 1. The highest BCUT2D eigenvalue weighted by Gasteiger charge is 2.22. The quantitative estimate of drug-likeness (QED) is 0.632. The van der Waals surface area contributed by atoms with Crippen molar-refractivity contribution in [3.63, 3.8) is 0 Å². The fourth-order valence-corrected chi connectivity index (χ4v) is 3.70. The minimum atomic E-state index is -0.725. The Bertz CT molecular complexity index is 986. The molecule has 1 atom stereocenters. The molecular weight excluding hydrogens is 348 g/mol. The van der Waals surface area contributed by atoms with Crippen LogP contribution in [0.5, 0.6) is 0 Å². The Hall–Kier alpha value is -2.47. The fraction of sp³-hybridized carbons (Fsp3) is 0.350. The molecule has 5 nitrogen and oxygen atoms in total. The molecule has 2 heterocycles. The predicted octanol–water partition coefficient (Wildman–Crippen LogP) is 4.20. The minimum absolute atomic E-state index is 0.223. The molecule has 0 bridgehead atoms. The number of benzene rings is 1. The van der Waals surface area contributed by atoms with Crippen molar-refractivity contribution in [3.05, 3.63) is 51.9 Å². The molecule has 0 saturated carbocycles. The van der Waals surface area contributed by atoms with Crippen molar-refractivity contribution in [3.8, 4) is 11.1 Å². The van der Waals surface area contributed by atoms with Crippen LogP contribution in [0.25, 0.3) is 21.3 Å². The smallest absolute Gasteiger partial charge is 0.329 e. The second kappa shape index (κ2) is 7.41. The molecule has 0 amide bonds. The third-order valence-corrected chi connectivity index (χ3v) is 5.19.